The van der Waals surface area contributed by atoms with Crippen molar-refractivity contribution < 1.29 is 8.83 Å². The van der Waals surface area contributed by atoms with E-state index in [4.69, 9.17) is 13.8 Å². The van der Waals surface area contributed by atoms with Gasteiger partial charge in [0.25, 0.3) is 0 Å². The third kappa shape index (κ3) is 4.17. The highest BCUT2D eigenvalue weighted by atomic mass is 16.3. The van der Waals surface area contributed by atoms with Gasteiger partial charge in [-0.2, -0.15) is 0 Å². The minimum absolute atomic E-state index is 0.901. The van der Waals surface area contributed by atoms with E-state index in [1.807, 2.05) is 48.7 Å². The summed E-state index contributed by atoms with van der Waals surface area (Å²) >= 11 is 0. The topological polar surface area (TPSA) is 46.8 Å². The Kier molecular flexibility index (Phi) is 5.60. The lowest BCUT2D eigenvalue weighted by atomic mass is 10.0. The molecule has 0 radical (unpaired) electrons. The number of anilines is 3. The number of furan rings is 2. The number of nitrogens with zero attached hydrogens (tertiary/aromatic N) is 3. The maximum absolute atomic E-state index is 6.21. The molecule has 0 aliphatic carbocycles. The van der Waals surface area contributed by atoms with Gasteiger partial charge in [-0.25, -0.2) is 4.98 Å². The van der Waals surface area contributed by atoms with Crippen LogP contribution in [0.4, 0.5) is 17.1 Å². The molecule has 0 amide bonds. The van der Waals surface area contributed by atoms with Crippen LogP contribution in [-0.4, -0.2) is 9.38 Å². The van der Waals surface area contributed by atoms with E-state index in [1.165, 1.54) is 0 Å². The lowest BCUT2D eigenvalue weighted by molar-refractivity contribution is 0.669. The lowest BCUT2D eigenvalue weighted by Gasteiger charge is -2.26. The van der Waals surface area contributed by atoms with E-state index < -0.39 is 0 Å². The average molecular weight is 642 g/mol. The molecule has 0 aliphatic rings. The molecule has 5 heteroatoms. The van der Waals surface area contributed by atoms with Gasteiger partial charge in [-0.1, -0.05) is 66.7 Å². The normalized spacial score (nSPS) is 12.0. The van der Waals surface area contributed by atoms with E-state index in [0.717, 1.165) is 99.4 Å². The van der Waals surface area contributed by atoms with Crippen LogP contribution in [0.2, 0.25) is 0 Å². The number of benzene rings is 7. The largest absolute Gasteiger partial charge is 0.456 e. The molecule has 0 bridgehead atoms. The first kappa shape index (κ1) is 27.1. The molecule has 50 heavy (non-hydrogen) atoms. The van der Waals surface area contributed by atoms with Crippen LogP contribution < -0.4 is 4.90 Å². The summed E-state index contributed by atoms with van der Waals surface area (Å²) < 4.78 is 14.5. The summed E-state index contributed by atoms with van der Waals surface area (Å²) in [5, 5.41) is 9.07. The van der Waals surface area contributed by atoms with Gasteiger partial charge in [-0.15, -0.1) is 0 Å². The fourth-order valence-electron chi connectivity index (χ4n) is 7.49. The number of fused-ring (bicyclic) bond motifs is 9. The summed E-state index contributed by atoms with van der Waals surface area (Å²) in [6.07, 6.45) is 4.11. The summed E-state index contributed by atoms with van der Waals surface area (Å²) in [6, 6.07) is 53.4. The van der Waals surface area contributed by atoms with Crippen LogP contribution in [0, 0.1) is 0 Å². The van der Waals surface area contributed by atoms with Gasteiger partial charge in [0.1, 0.15) is 28.0 Å². The fourth-order valence-corrected chi connectivity index (χ4v) is 7.49. The number of para-hydroxylation sites is 2. The van der Waals surface area contributed by atoms with Gasteiger partial charge in [-0.3, -0.25) is 0 Å². The van der Waals surface area contributed by atoms with Crippen LogP contribution in [0.25, 0.3) is 82.3 Å². The molecule has 11 rings (SSSR count). The molecule has 234 valence electrons. The fraction of sp³-hybridized carbons (Fsp3) is 0. The zero-order valence-electron chi connectivity index (χ0n) is 26.7. The minimum Gasteiger partial charge on any atom is -0.456 e. The van der Waals surface area contributed by atoms with Gasteiger partial charge in [0.15, 0.2) is 0 Å². The molecule has 0 saturated carbocycles. The Morgan fingerprint density at radius 1 is 0.440 bits per heavy atom. The Balaban J connectivity index is 1.09. The van der Waals surface area contributed by atoms with Crippen molar-refractivity contribution in [3.63, 3.8) is 0 Å². The molecule has 0 aliphatic heterocycles. The second-order valence-electron chi connectivity index (χ2n) is 12.9. The third-order valence-electron chi connectivity index (χ3n) is 9.94. The number of hydrogen-bond donors (Lipinski definition) is 0. The van der Waals surface area contributed by atoms with Gasteiger partial charge in [-0.05, 0) is 106 Å². The molecule has 11 aromatic rings. The van der Waals surface area contributed by atoms with Crippen LogP contribution in [0.5, 0.6) is 0 Å². The molecule has 5 nitrogen and oxygen atoms in total. The van der Waals surface area contributed by atoms with Crippen molar-refractivity contribution in [3.05, 3.63) is 164 Å². The van der Waals surface area contributed by atoms with Crippen molar-refractivity contribution in [2.45, 2.75) is 0 Å². The van der Waals surface area contributed by atoms with E-state index in [9.17, 15) is 0 Å². The van der Waals surface area contributed by atoms with Crippen LogP contribution in [-0.2, 0) is 0 Å². The van der Waals surface area contributed by atoms with Crippen LogP contribution in [0.3, 0.4) is 0 Å². The monoisotopic (exact) mass is 641 g/mol. The molecule has 4 aromatic heterocycles. The maximum Gasteiger partial charge on any atom is 0.137 e. The van der Waals surface area contributed by atoms with E-state index in [1.54, 1.807) is 0 Å². The highest BCUT2D eigenvalue weighted by Crippen LogP contribution is 2.41. The van der Waals surface area contributed by atoms with E-state index >= 15 is 0 Å². The smallest absolute Gasteiger partial charge is 0.137 e. The summed E-state index contributed by atoms with van der Waals surface area (Å²) in [5.74, 6) is 0. The Labute approximate surface area is 285 Å². The first-order valence-electron chi connectivity index (χ1n) is 16.8. The van der Waals surface area contributed by atoms with Crippen molar-refractivity contribution in [2.75, 3.05) is 4.90 Å². The van der Waals surface area contributed by atoms with E-state index in [-0.39, 0.29) is 0 Å². The van der Waals surface area contributed by atoms with Gasteiger partial charge < -0.3 is 18.1 Å². The molecule has 0 fully saturated rings. The predicted molar refractivity (Wildman–Crippen MR) is 205 cm³/mol. The Bertz CT molecular complexity index is 2920. The highest BCUT2D eigenvalue weighted by molar-refractivity contribution is 6.12. The zero-order valence-corrected chi connectivity index (χ0v) is 26.7. The van der Waals surface area contributed by atoms with Crippen molar-refractivity contribution in [1.29, 1.82) is 0 Å². The average Bonchev–Trinajstić information content (AvgIpc) is 3.86. The zero-order chi connectivity index (χ0) is 32.8. The van der Waals surface area contributed by atoms with Crippen molar-refractivity contribution in [1.82, 2.24) is 9.38 Å². The SMILES string of the molecule is c1ccc2c(c1)oc1cc3ccc(N(c4ccc(-c5cn6ccccc6n5)cc4)c4ccc5cc6oc7ccccc7c6cc5c4)cc3cc12. The Morgan fingerprint density at radius 3 is 1.60 bits per heavy atom. The molecule has 0 unspecified atom stereocenters. The van der Waals surface area contributed by atoms with Crippen LogP contribution in [0.15, 0.2) is 173 Å². The third-order valence-corrected chi connectivity index (χ3v) is 9.94. The maximum atomic E-state index is 6.21. The summed E-state index contributed by atoms with van der Waals surface area (Å²) in [4.78, 5) is 7.20. The predicted octanol–water partition coefficient (Wildman–Crippen LogP) is 12.6. The molecule has 0 N–H and O–H groups in total. The van der Waals surface area contributed by atoms with Crippen LogP contribution in [0.1, 0.15) is 0 Å². The summed E-state index contributed by atoms with van der Waals surface area (Å²) in [5.41, 5.74) is 9.74. The molecule has 0 atom stereocenters. The van der Waals surface area contributed by atoms with Gasteiger partial charge in [0.05, 0.1) is 5.69 Å². The molecular weight excluding hydrogens is 615 g/mol. The Morgan fingerprint density at radius 2 is 1.00 bits per heavy atom. The number of hydrogen-bond acceptors (Lipinski definition) is 4. The summed E-state index contributed by atoms with van der Waals surface area (Å²) in [6.45, 7) is 0. The second-order valence-corrected chi connectivity index (χ2v) is 12.9. The molecule has 0 saturated heterocycles. The number of imidazole rings is 1. The second kappa shape index (κ2) is 10.3. The molecular formula is C45H27N3O2. The molecule has 7 aromatic carbocycles. The van der Waals surface area contributed by atoms with E-state index in [2.05, 4.69) is 125 Å². The summed E-state index contributed by atoms with van der Waals surface area (Å²) in [7, 11) is 0. The minimum atomic E-state index is 0.901. The van der Waals surface area contributed by atoms with Crippen molar-refractivity contribution >= 4 is 88.1 Å². The molecule has 4 heterocycles. The van der Waals surface area contributed by atoms with Crippen molar-refractivity contribution in [3.8, 4) is 11.3 Å². The van der Waals surface area contributed by atoms with E-state index in [0.29, 0.717) is 0 Å². The standard InChI is InChI=1S/C45H27N3O2/c1-3-9-41-36(7-1)38-23-31-21-34(18-14-29(31)25-43(38)49-41)48(33-16-12-28(13-17-33)40-27-47-20-6-5-11-45(47)46-40)35-19-15-30-26-44-39(24-32(30)22-35)37-8-2-4-10-42(37)50-44/h1-27H. The number of aromatic nitrogens is 2. The Hall–Kier alpha value is -6.85. The first-order chi connectivity index (χ1) is 24.7. The quantitative estimate of drug-likeness (QED) is 0.192. The highest BCUT2D eigenvalue weighted by Gasteiger charge is 2.17. The van der Waals surface area contributed by atoms with Crippen LogP contribution >= 0.6 is 0 Å². The van der Waals surface area contributed by atoms with Gasteiger partial charge in [0, 0.05) is 56.6 Å². The number of pyridine rings is 1. The first-order valence-corrected chi connectivity index (χ1v) is 16.8. The van der Waals surface area contributed by atoms with Gasteiger partial charge >= 0.3 is 0 Å². The van der Waals surface area contributed by atoms with Crippen molar-refractivity contribution in [2.24, 2.45) is 0 Å². The lowest BCUT2D eigenvalue weighted by Crippen LogP contribution is -2.09. The number of rotatable bonds is 4. The van der Waals surface area contributed by atoms with Gasteiger partial charge in [0.2, 0.25) is 0 Å². The molecule has 0 spiro atoms.